The van der Waals surface area contributed by atoms with Crippen LogP contribution in [0.5, 0.6) is 5.75 Å². The summed E-state index contributed by atoms with van der Waals surface area (Å²) >= 11 is 0. The van der Waals surface area contributed by atoms with Crippen molar-refractivity contribution in [3.8, 4) is 5.75 Å². The Hall–Kier alpha value is -1.13. The third kappa shape index (κ3) is 5.10. The second-order valence-electron chi connectivity index (χ2n) is 5.33. The average Bonchev–Trinajstić information content (AvgIpc) is 3.25. The molecule has 20 heavy (non-hydrogen) atoms. The molecule has 1 saturated carbocycles. The number of hydrogen-bond donors (Lipinski definition) is 1. The van der Waals surface area contributed by atoms with Crippen LogP contribution in [0.3, 0.4) is 0 Å². The van der Waals surface area contributed by atoms with Crippen LogP contribution in [0.2, 0.25) is 0 Å². The molecule has 112 valence electrons. The van der Waals surface area contributed by atoms with E-state index in [-0.39, 0.29) is 5.82 Å². The summed E-state index contributed by atoms with van der Waals surface area (Å²) in [4.78, 5) is 2.29. The van der Waals surface area contributed by atoms with Crippen LogP contribution in [-0.4, -0.2) is 37.2 Å². The van der Waals surface area contributed by atoms with Gasteiger partial charge in [0, 0.05) is 25.2 Å². The lowest BCUT2D eigenvalue weighted by molar-refractivity contribution is 0.222. The number of hydrogen-bond acceptors (Lipinski definition) is 3. The van der Waals surface area contributed by atoms with E-state index < -0.39 is 0 Å². The van der Waals surface area contributed by atoms with E-state index in [0.717, 1.165) is 31.7 Å². The summed E-state index contributed by atoms with van der Waals surface area (Å²) in [6.45, 7) is 8.48. The number of benzene rings is 1. The third-order valence-electron chi connectivity index (χ3n) is 3.67. The Morgan fingerprint density at radius 1 is 1.25 bits per heavy atom. The average molecular weight is 280 g/mol. The van der Waals surface area contributed by atoms with E-state index >= 15 is 0 Å². The molecular weight excluding hydrogens is 255 g/mol. The number of ether oxygens (including phenoxy) is 1. The van der Waals surface area contributed by atoms with Crippen molar-refractivity contribution < 1.29 is 9.13 Å². The van der Waals surface area contributed by atoms with Crippen molar-refractivity contribution in [2.45, 2.75) is 39.3 Å². The minimum atomic E-state index is -0.224. The van der Waals surface area contributed by atoms with Gasteiger partial charge >= 0.3 is 0 Å². The SMILES string of the molecule is CCN(CC)CCOc1cc(F)cc(CNC2CC2)c1. The van der Waals surface area contributed by atoms with Crippen molar-refractivity contribution in [3.63, 3.8) is 0 Å². The molecule has 1 aromatic carbocycles. The zero-order valence-corrected chi connectivity index (χ0v) is 12.5. The Morgan fingerprint density at radius 3 is 2.65 bits per heavy atom. The molecule has 1 N–H and O–H groups in total. The Balaban J connectivity index is 1.83. The maximum atomic E-state index is 13.6. The molecule has 0 saturated heterocycles. The number of halogens is 1. The zero-order valence-electron chi connectivity index (χ0n) is 12.5. The van der Waals surface area contributed by atoms with Gasteiger partial charge in [0.1, 0.15) is 18.2 Å². The fourth-order valence-corrected chi connectivity index (χ4v) is 2.19. The largest absolute Gasteiger partial charge is 0.492 e. The Kier molecular flexibility index (Phi) is 5.80. The molecular formula is C16H25FN2O. The Morgan fingerprint density at radius 2 is 2.00 bits per heavy atom. The fraction of sp³-hybridized carbons (Fsp3) is 0.625. The van der Waals surface area contributed by atoms with Crippen molar-refractivity contribution in [2.75, 3.05) is 26.2 Å². The van der Waals surface area contributed by atoms with Gasteiger partial charge in [-0.25, -0.2) is 4.39 Å². The lowest BCUT2D eigenvalue weighted by atomic mass is 10.2. The van der Waals surface area contributed by atoms with Gasteiger partial charge in [-0.1, -0.05) is 13.8 Å². The van der Waals surface area contributed by atoms with Gasteiger partial charge in [-0.05, 0) is 43.6 Å². The molecule has 0 amide bonds. The molecule has 0 heterocycles. The van der Waals surface area contributed by atoms with Crippen LogP contribution in [-0.2, 0) is 6.54 Å². The topological polar surface area (TPSA) is 24.5 Å². The first-order valence-corrected chi connectivity index (χ1v) is 7.59. The lowest BCUT2D eigenvalue weighted by Gasteiger charge is -2.18. The predicted octanol–water partition coefficient (Wildman–Crippen LogP) is 2.80. The maximum absolute atomic E-state index is 13.6. The standard InChI is InChI=1S/C16H25FN2O/c1-3-19(4-2)7-8-20-16-10-13(9-14(17)11-16)12-18-15-5-6-15/h9-11,15,18H,3-8,12H2,1-2H3. The van der Waals surface area contributed by atoms with Crippen molar-refractivity contribution >= 4 is 0 Å². The summed E-state index contributed by atoms with van der Waals surface area (Å²) in [7, 11) is 0. The quantitative estimate of drug-likeness (QED) is 0.753. The number of rotatable bonds is 9. The molecule has 0 bridgehead atoms. The van der Waals surface area contributed by atoms with Gasteiger partial charge in [0.25, 0.3) is 0 Å². The van der Waals surface area contributed by atoms with Crippen LogP contribution in [0, 0.1) is 5.82 Å². The molecule has 1 aliphatic rings. The highest BCUT2D eigenvalue weighted by Crippen LogP contribution is 2.21. The Bertz CT molecular complexity index is 417. The summed E-state index contributed by atoms with van der Waals surface area (Å²) < 4.78 is 19.2. The third-order valence-corrected chi connectivity index (χ3v) is 3.67. The van der Waals surface area contributed by atoms with Crippen LogP contribution >= 0.6 is 0 Å². The fourth-order valence-electron chi connectivity index (χ4n) is 2.19. The van der Waals surface area contributed by atoms with Gasteiger partial charge in [0.05, 0.1) is 0 Å². The zero-order chi connectivity index (χ0) is 14.4. The molecule has 2 rings (SSSR count). The van der Waals surface area contributed by atoms with E-state index in [9.17, 15) is 4.39 Å². The molecule has 0 spiro atoms. The summed E-state index contributed by atoms with van der Waals surface area (Å²) in [5, 5.41) is 3.39. The number of nitrogens with zero attached hydrogens (tertiary/aromatic N) is 1. The molecule has 1 aliphatic carbocycles. The number of nitrogens with one attached hydrogen (secondary N) is 1. The van der Waals surface area contributed by atoms with Crippen LogP contribution in [0.25, 0.3) is 0 Å². The molecule has 0 aromatic heterocycles. The summed E-state index contributed by atoms with van der Waals surface area (Å²) in [5.74, 6) is 0.405. The smallest absolute Gasteiger partial charge is 0.127 e. The summed E-state index contributed by atoms with van der Waals surface area (Å²) in [6, 6.07) is 5.60. The molecule has 0 unspecified atom stereocenters. The molecule has 0 radical (unpaired) electrons. The van der Waals surface area contributed by atoms with Crippen LogP contribution in [0.1, 0.15) is 32.3 Å². The van der Waals surface area contributed by atoms with Gasteiger partial charge in [-0.3, -0.25) is 0 Å². The first kappa shape index (κ1) is 15.3. The highest BCUT2D eigenvalue weighted by atomic mass is 19.1. The van der Waals surface area contributed by atoms with Crippen molar-refractivity contribution in [3.05, 3.63) is 29.6 Å². The maximum Gasteiger partial charge on any atom is 0.127 e. The molecule has 4 heteroatoms. The highest BCUT2D eigenvalue weighted by Gasteiger charge is 2.20. The summed E-state index contributed by atoms with van der Waals surface area (Å²) in [6.07, 6.45) is 2.48. The second kappa shape index (κ2) is 7.60. The van der Waals surface area contributed by atoms with E-state index in [1.807, 2.05) is 6.07 Å². The van der Waals surface area contributed by atoms with E-state index in [0.29, 0.717) is 18.4 Å². The van der Waals surface area contributed by atoms with Crippen LogP contribution < -0.4 is 10.1 Å². The predicted molar refractivity (Wildman–Crippen MR) is 79.5 cm³/mol. The van der Waals surface area contributed by atoms with E-state index in [2.05, 4.69) is 24.1 Å². The molecule has 1 aromatic rings. The van der Waals surface area contributed by atoms with Gasteiger partial charge in [-0.15, -0.1) is 0 Å². The lowest BCUT2D eigenvalue weighted by Crippen LogP contribution is -2.27. The van der Waals surface area contributed by atoms with Crippen molar-refractivity contribution in [1.82, 2.24) is 10.2 Å². The molecule has 1 fully saturated rings. The van der Waals surface area contributed by atoms with E-state index in [4.69, 9.17) is 4.74 Å². The van der Waals surface area contributed by atoms with Gasteiger partial charge < -0.3 is 15.0 Å². The van der Waals surface area contributed by atoms with Crippen molar-refractivity contribution in [2.24, 2.45) is 0 Å². The summed E-state index contributed by atoms with van der Waals surface area (Å²) in [5.41, 5.74) is 0.953. The second-order valence-corrected chi connectivity index (χ2v) is 5.33. The van der Waals surface area contributed by atoms with Crippen LogP contribution in [0.15, 0.2) is 18.2 Å². The first-order valence-electron chi connectivity index (χ1n) is 7.59. The van der Waals surface area contributed by atoms with Gasteiger partial charge in [0.15, 0.2) is 0 Å². The highest BCUT2D eigenvalue weighted by molar-refractivity contribution is 5.29. The monoisotopic (exact) mass is 280 g/mol. The minimum absolute atomic E-state index is 0.224. The van der Waals surface area contributed by atoms with E-state index in [1.165, 1.54) is 18.9 Å². The first-order chi connectivity index (χ1) is 9.71. The number of likely N-dealkylation sites (N-methyl/N-ethyl adjacent to an activating group) is 1. The van der Waals surface area contributed by atoms with Gasteiger partial charge in [0.2, 0.25) is 0 Å². The molecule has 3 nitrogen and oxygen atoms in total. The van der Waals surface area contributed by atoms with Gasteiger partial charge in [-0.2, -0.15) is 0 Å². The normalized spacial score (nSPS) is 14.8. The molecule has 0 aliphatic heterocycles. The van der Waals surface area contributed by atoms with Crippen molar-refractivity contribution in [1.29, 1.82) is 0 Å². The van der Waals surface area contributed by atoms with Crippen LogP contribution in [0.4, 0.5) is 4.39 Å². The van der Waals surface area contributed by atoms with E-state index in [1.54, 1.807) is 6.07 Å². The Labute approximate surface area is 121 Å². The minimum Gasteiger partial charge on any atom is -0.492 e. The molecule has 0 atom stereocenters.